The number of nitrogens with one attached hydrogen (secondary N) is 1. The van der Waals surface area contributed by atoms with E-state index in [0.29, 0.717) is 6.42 Å². The van der Waals surface area contributed by atoms with E-state index in [9.17, 15) is 18.0 Å². The first-order valence-corrected chi connectivity index (χ1v) is 10.6. The third kappa shape index (κ3) is 8.65. The number of alkyl carbamates (subject to hydrolysis) is 1. The number of esters is 1. The number of ether oxygens (including phenoxy) is 2. The van der Waals surface area contributed by atoms with Gasteiger partial charge in [-0.2, -0.15) is 8.42 Å². The van der Waals surface area contributed by atoms with Crippen LogP contribution in [0.2, 0.25) is 0 Å². The molecule has 2 aromatic carbocycles. The van der Waals surface area contributed by atoms with E-state index in [1.807, 2.05) is 30.3 Å². The Morgan fingerprint density at radius 1 is 1.00 bits per heavy atom. The second-order valence-corrected chi connectivity index (χ2v) is 7.89. The summed E-state index contributed by atoms with van der Waals surface area (Å²) in [6.45, 7) is 0.106. The molecular weight excluding hydrogens is 398 g/mol. The summed E-state index contributed by atoms with van der Waals surface area (Å²) in [5.74, 6) is -0.300. The van der Waals surface area contributed by atoms with Crippen molar-refractivity contribution in [2.45, 2.75) is 25.5 Å². The summed E-state index contributed by atoms with van der Waals surface area (Å²) in [5.41, 5.74) is 1.61. The van der Waals surface area contributed by atoms with E-state index in [0.717, 1.165) is 17.4 Å². The third-order valence-electron chi connectivity index (χ3n) is 3.83. The average Bonchev–Trinajstić information content (AvgIpc) is 2.67. The van der Waals surface area contributed by atoms with Crippen molar-refractivity contribution in [1.82, 2.24) is 5.32 Å². The normalized spacial score (nSPS) is 11.9. The summed E-state index contributed by atoms with van der Waals surface area (Å²) in [4.78, 5) is 23.8. The maximum atomic E-state index is 12.1. The number of hydrogen-bond acceptors (Lipinski definition) is 7. The second kappa shape index (κ2) is 10.5. The van der Waals surface area contributed by atoms with Gasteiger partial charge in [0, 0.05) is 6.04 Å². The number of carbonyl (C=O) groups excluding carboxylic acids is 2. The van der Waals surface area contributed by atoms with Gasteiger partial charge in [0.2, 0.25) is 0 Å². The fourth-order valence-corrected chi connectivity index (χ4v) is 2.99. The Kier molecular flexibility index (Phi) is 8.02. The molecule has 2 aromatic rings. The quantitative estimate of drug-likeness (QED) is 0.489. The maximum absolute atomic E-state index is 12.1. The van der Waals surface area contributed by atoms with Gasteiger partial charge in [0.05, 0.1) is 19.8 Å². The van der Waals surface area contributed by atoms with Crippen LogP contribution in [0.1, 0.15) is 17.5 Å². The maximum Gasteiger partial charge on any atom is 0.407 e. The van der Waals surface area contributed by atoms with E-state index >= 15 is 0 Å². The highest BCUT2D eigenvalue weighted by Gasteiger charge is 2.18. The lowest BCUT2D eigenvalue weighted by Crippen LogP contribution is -2.38. The number of carbonyl (C=O) groups is 2. The molecule has 0 aliphatic heterocycles. The Balaban J connectivity index is 1.98. The molecule has 1 N–H and O–H groups in total. The molecule has 0 fully saturated rings. The van der Waals surface area contributed by atoms with Gasteiger partial charge in [-0.1, -0.05) is 42.5 Å². The lowest BCUT2D eigenvalue weighted by Gasteiger charge is -2.18. The fourth-order valence-electron chi connectivity index (χ4n) is 2.53. The highest BCUT2D eigenvalue weighted by molar-refractivity contribution is 7.86. The first kappa shape index (κ1) is 22.2. The van der Waals surface area contributed by atoms with Gasteiger partial charge in [-0.3, -0.25) is 4.79 Å². The van der Waals surface area contributed by atoms with Gasteiger partial charge in [0.15, 0.2) is 0 Å². The van der Waals surface area contributed by atoms with Crippen LogP contribution in [0.5, 0.6) is 5.75 Å². The van der Waals surface area contributed by atoms with Crippen molar-refractivity contribution in [2.75, 3.05) is 13.4 Å². The van der Waals surface area contributed by atoms with Crippen LogP contribution < -0.4 is 9.50 Å². The molecule has 8 nitrogen and oxygen atoms in total. The molecule has 29 heavy (non-hydrogen) atoms. The molecule has 0 aliphatic carbocycles. The minimum Gasteiger partial charge on any atom is -0.469 e. The van der Waals surface area contributed by atoms with Crippen LogP contribution >= 0.6 is 0 Å². The number of amides is 1. The summed E-state index contributed by atoms with van der Waals surface area (Å²) in [5, 5.41) is 2.66. The van der Waals surface area contributed by atoms with E-state index in [-0.39, 0.29) is 18.8 Å². The summed E-state index contributed by atoms with van der Waals surface area (Å²) >= 11 is 0. The second-order valence-electron chi connectivity index (χ2n) is 6.32. The minimum atomic E-state index is -3.61. The topological polar surface area (TPSA) is 108 Å². The highest BCUT2D eigenvalue weighted by Crippen LogP contribution is 2.16. The lowest BCUT2D eigenvalue weighted by molar-refractivity contribution is -0.141. The molecule has 0 heterocycles. The Morgan fingerprint density at radius 3 is 2.24 bits per heavy atom. The van der Waals surface area contributed by atoms with Crippen molar-refractivity contribution in [3.05, 3.63) is 65.7 Å². The monoisotopic (exact) mass is 421 g/mol. The largest absolute Gasteiger partial charge is 0.469 e. The van der Waals surface area contributed by atoms with E-state index in [1.54, 1.807) is 12.1 Å². The van der Waals surface area contributed by atoms with Gasteiger partial charge in [0.1, 0.15) is 12.4 Å². The van der Waals surface area contributed by atoms with E-state index in [4.69, 9.17) is 8.92 Å². The van der Waals surface area contributed by atoms with Crippen LogP contribution in [0.4, 0.5) is 4.79 Å². The predicted molar refractivity (Wildman–Crippen MR) is 106 cm³/mol. The van der Waals surface area contributed by atoms with Gasteiger partial charge in [0.25, 0.3) is 0 Å². The SMILES string of the molecule is COC(=O)CC(Cc1ccc(OS(C)(=O)=O)cc1)NC(=O)OCc1ccccc1. The summed E-state index contributed by atoms with van der Waals surface area (Å²) in [6, 6.07) is 15.0. The van der Waals surface area contributed by atoms with Crippen LogP contribution in [0.3, 0.4) is 0 Å². The van der Waals surface area contributed by atoms with Crippen LogP contribution in [-0.4, -0.2) is 39.9 Å². The van der Waals surface area contributed by atoms with Crippen LogP contribution in [0.15, 0.2) is 54.6 Å². The standard InChI is InChI=1S/C20H23NO7S/c1-26-19(22)13-17(21-20(23)27-14-16-6-4-3-5-7-16)12-15-8-10-18(11-9-15)28-29(2,24)25/h3-11,17H,12-14H2,1-2H3,(H,21,23). The molecule has 9 heteroatoms. The molecule has 0 aromatic heterocycles. The molecule has 0 aliphatic rings. The van der Waals surface area contributed by atoms with Gasteiger partial charge in [-0.25, -0.2) is 4.79 Å². The lowest BCUT2D eigenvalue weighted by atomic mass is 10.0. The van der Waals surface area contributed by atoms with Crippen molar-refractivity contribution < 1.29 is 31.7 Å². The van der Waals surface area contributed by atoms with Gasteiger partial charge < -0.3 is 19.0 Å². The van der Waals surface area contributed by atoms with E-state index in [1.165, 1.54) is 19.2 Å². The first-order valence-electron chi connectivity index (χ1n) is 8.77. The Bertz CT molecular complexity index is 912. The number of rotatable bonds is 9. The third-order valence-corrected chi connectivity index (χ3v) is 4.32. The number of methoxy groups -OCH3 is 1. The fraction of sp³-hybridized carbons (Fsp3) is 0.300. The van der Waals surface area contributed by atoms with E-state index < -0.39 is 28.2 Å². The molecule has 0 bridgehead atoms. The number of hydrogen-bond donors (Lipinski definition) is 1. The van der Waals surface area contributed by atoms with Crippen LogP contribution in [0.25, 0.3) is 0 Å². The van der Waals surface area contributed by atoms with E-state index in [2.05, 4.69) is 10.1 Å². The van der Waals surface area contributed by atoms with Gasteiger partial charge >= 0.3 is 22.2 Å². The Morgan fingerprint density at radius 2 is 1.66 bits per heavy atom. The summed E-state index contributed by atoms with van der Waals surface area (Å²) < 4.78 is 37.0. The van der Waals surface area contributed by atoms with Crippen molar-refractivity contribution in [3.63, 3.8) is 0 Å². The van der Waals surface area contributed by atoms with Gasteiger partial charge in [-0.05, 0) is 29.7 Å². The molecular formula is C20H23NO7S. The van der Waals surface area contributed by atoms with Crippen molar-refractivity contribution >= 4 is 22.2 Å². The summed E-state index contributed by atoms with van der Waals surface area (Å²) in [6.07, 6.45) is 0.575. The Labute approximate surface area is 169 Å². The molecule has 156 valence electrons. The van der Waals surface area contributed by atoms with Crippen molar-refractivity contribution in [2.24, 2.45) is 0 Å². The molecule has 1 atom stereocenters. The first-order chi connectivity index (χ1) is 13.7. The zero-order chi connectivity index (χ0) is 21.3. The average molecular weight is 421 g/mol. The molecule has 2 rings (SSSR count). The van der Waals surface area contributed by atoms with Crippen LogP contribution in [0, 0.1) is 0 Å². The van der Waals surface area contributed by atoms with Crippen LogP contribution in [-0.2, 0) is 37.4 Å². The summed E-state index contributed by atoms with van der Waals surface area (Å²) in [7, 11) is -2.34. The molecule has 0 saturated heterocycles. The van der Waals surface area contributed by atoms with Crippen molar-refractivity contribution in [1.29, 1.82) is 0 Å². The zero-order valence-corrected chi connectivity index (χ0v) is 17.0. The molecule has 1 amide bonds. The molecule has 1 unspecified atom stereocenters. The minimum absolute atomic E-state index is 0.0431. The van der Waals surface area contributed by atoms with Gasteiger partial charge in [-0.15, -0.1) is 0 Å². The zero-order valence-electron chi connectivity index (χ0n) is 16.2. The molecule has 0 spiro atoms. The number of benzene rings is 2. The predicted octanol–water partition coefficient (Wildman–Crippen LogP) is 2.43. The molecule has 0 radical (unpaired) electrons. The van der Waals surface area contributed by atoms with Crippen molar-refractivity contribution in [3.8, 4) is 5.75 Å². The highest BCUT2D eigenvalue weighted by atomic mass is 32.2. The Hall–Kier alpha value is -3.07. The smallest absolute Gasteiger partial charge is 0.407 e. The molecule has 0 saturated carbocycles.